The van der Waals surface area contributed by atoms with Crippen molar-refractivity contribution >= 4 is 17.8 Å². The van der Waals surface area contributed by atoms with E-state index in [1.165, 1.54) is 10.6 Å². The number of piperazine rings is 1. The van der Waals surface area contributed by atoms with Gasteiger partial charge in [-0.2, -0.15) is 5.01 Å². The number of phenolic OH excluding ortho intramolecular Hbond substituents is 1. The van der Waals surface area contributed by atoms with Crippen molar-refractivity contribution in [3.63, 3.8) is 0 Å². The summed E-state index contributed by atoms with van der Waals surface area (Å²) in [5.41, 5.74) is 2.78. The van der Waals surface area contributed by atoms with Crippen molar-refractivity contribution < 1.29 is 19.5 Å². The fourth-order valence-electron chi connectivity index (χ4n) is 7.40. The number of carbonyl (C=O) groups is 3. The van der Waals surface area contributed by atoms with E-state index in [2.05, 4.69) is 54.6 Å². The molecule has 2 saturated heterocycles. The van der Waals surface area contributed by atoms with Gasteiger partial charge >= 0.3 is 6.03 Å². The van der Waals surface area contributed by atoms with Crippen LogP contribution < -0.4 is 5.32 Å². The summed E-state index contributed by atoms with van der Waals surface area (Å²) in [6.07, 6.45) is 15.4. The second-order valence-electron chi connectivity index (χ2n) is 13.2. The van der Waals surface area contributed by atoms with Gasteiger partial charge in [0.1, 0.15) is 18.0 Å². The molecule has 0 radical (unpaired) electrons. The van der Waals surface area contributed by atoms with Crippen molar-refractivity contribution in [3.8, 4) is 18.1 Å². The maximum Gasteiger partial charge on any atom is 0.334 e. The molecule has 2 N–H and O–H groups in total. The van der Waals surface area contributed by atoms with Crippen molar-refractivity contribution in [3.05, 3.63) is 126 Å². The number of hydrogen-bond acceptors (Lipinski definition) is 5. The first-order valence-corrected chi connectivity index (χ1v) is 16.8. The Morgan fingerprint density at radius 1 is 1.00 bits per heavy atom. The Morgan fingerprint density at radius 3 is 2.39 bits per heavy atom. The second-order valence-corrected chi connectivity index (χ2v) is 13.2. The Kier molecular flexibility index (Phi) is 10.2. The average Bonchev–Trinajstić information content (AvgIpc) is 3.11. The third-order valence-corrected chi connectivity index (χ3v) is 9.93. The molecule has 3 aromatic carbocycles. The number of carbonyl (C=O) groups excluding carboxylic acids is 3. The molecule has 4 atom stereocenters. The molecular formula is C40H43N5O4. The third-order valence-electron chi connectivity index (χ3n) is 9.93. The molecule has 0 bridgehead atoms. The van der Waals surface area contributed by atoms with Crippen LogP contribution in [0.3, 0.4) is 0 Å². The zero-order chi connectivity index (χ0) is 34.4. The van der Waals surface area contributed by atoms with Gasteiger partial charge in [0.25, 0.3) is 0 Å². The first-order valence-electron chi connectivity index (χ1n) is 16.8. The summed E-state index contributed by atoms with van der Waals surface area (Å²) in [7, 11) is 0. The molecular weight excluding hydrogens is 614 g/mol. The van der Waals surface area contributed by atoms with Gasteiger partial charge in [0.15, 0.2) is 0 Å². The van der Waals surface area contributed by atoms with Gasteiger partial charge in [0, 0.05) is 19.5 Å². The van der Waals surface area contributed by atoms with Crippen LogP contribution >= 0.6 is 0 Å². The molecule has 6 rings (SSSR count). The number of rotatable bonds is 10. The smallest absolute Gasteiger partial charge is 0.334 e. The van der Waals surface area contributed by atoms with Gasteiger partial charge in [-0.3, -0.25) is 9.59 Å². The van der Waals surface area contributed by atoms with Gasteiger partial charge in [0.2, 0.25) is 11.8 Å². The number of fused-ring (bicyclic) bond motifs is 1. The molecule has 1 aliphatic carbocycles. The first kappa shape index (κ1) is 33.6. The van der Waals surface area contributed by atoms with E-state index in [0.29, 0.717) is 19.5 Å². The van der Waals surface area contributed by atoms with E-state index in [9.17, 15) is 19.5 Å². The molecule has 2 heterocycles. The second kappa shape index (κ2) is 14.8. The summed E-state index contributed by atoms with van der Waals surface area (Å²) < 4.78 is 0. The monoisotopic (exact) mass is 657 g/mol. The van der Waals surface area contributed by atoms with Crippen molar-refractivity contribution in [1.29, 1.82) is 0 Å². The molecule has 0 spiro atoms. The molecule has 2 unspecified atom stereocenters. The zero-order valence-corrected chi connectivity index (χ0v) is 27.8. The van der Waals surface area contributed by atoms with Crippen LogP contribution in [0.1, 0.15) is 42.4 Å². The number of nitrogens with zero attached hydrogens (tertiary/aromatic N) is 4. The molecule has 9 heteroatoms. The SMILES string of the molecule is C#CCN1CC(=O)N2[C@@H](Cc3ccc(O)cc3)C(=O)N(CCC(c3ccccc3)C3(C)C=CC=CC3)C[C@@H]2N1C(=O)NCc1ccccc1. The van der Waals surface area contributed by atoms with Gasteiger partial charge in [-0.15, -0.1) is 6.42 Å². The molecule has 0 aromatic heterocycles. The number of hydrogen-bond donors (Lipinski definition) is 2. The summed E-state index contributed by atoms with van der Waals surface area (Å²) >= 11 is 0. The summed E-state index contributed by atoms with van der Waals surface area (Å²) in [6, 6.07) is 25.4. The highest BCUT2D eigenvalue weighted by atomic mass is 16.3. The van der Waals surface area contributed by atoms with Crippen LogP contribution in [0, 0.1) is 17.8 Å². The van der Waals surface area contributed by atoms with Crippen molar-refractivity contribution in [2.24, 2.45) is 5.41 Å². The fraction of sp³-hybridized carbons (Fsp3) is 0.325. The van der Waals surface area contributed by atoms with Crippen LogP contribution in [0.2, 0.25) is 0 Å². The summed E-state index contributed by atoms with van der Waals surface area (Å²) in [4.78, 5) is 45.8. The van der Waals surface area contributed by atoms with Crippen LogP contribution in [-0.4, -0.2) is 81.2 Å². The molecule has 2 fully saturated rings. The highest BCUT2D eigenvalue weighted by molar-refractivity contribution is 5.91. The van der Waals surface area contributed by atoms with Crippen LogP contribution in [0.4, 0.5) is 4.79 Å². The number of aromatic hydroxyl groups is 1. The predicted molar refractivity (Wildman–Crippen MR) is 189 cm³/mol. The lowest BCUT2D eigenvalue weighted by Gasteiger charge is -2.55. The largest absolute Gasteiger partial charge is 0.508 e. The molecule has 4 amide bonds. The number of nitrogens with one attached hydrogen (secondary N) is 1. The topological polar surface area (TPSA) is 96.4 Å². The van der Waals surface area contributed by atoms with E-state index < -0.39 is 18.2 Å². The van der Waals surface area contributed by atoms with E-state index in [4.69, 9.17) is 6.42 Å². The van der Waals surface area contributed by atoms with E-state index in [-0.39, 0.29) is 55.0 Å². The van der Waals surface area contributed by atoms with Crippen LogP contribution in [-0.2, 0) is 22.6 Å². The molecule has 0 saturated carbocycles. The van der Waals surface area contributed by atoms with Crippen LogP contribution in [0.5, 0.6) is 5.75 Å². The molecule has 3 aliphatic rings. The van der Waals surface area contributed by atoms with Gasteiger partial charge < -0.3 is 20.2 Å². The number of phenols is 1. The van der Waals surface area contributed by atoms with Gasteiger partial charge in [-0.25, -0.2) is 9.80 Å². The minimum absolute atomic E-state index is 0.0553. The van der Waals surface area contributed by atoms with Crippen molar-refractivity contribution in [1.82, 2.24) is 25.1 Å². The predicted octanol–water partition coefficient (Wildman–Crippen LogP) is 5.07. The maximum atomic E-state index is 14.5. The Morgan fingerprint density at radius 2 is 1.71 bits per heavy atom. The Labute approximate surface area is 288 Å². The van der Waals surface area contributed by atoms with E-state index in [0.717, 1.165) is 17.5 Å². The number of urea groups is 1. The van der Waals surface area contributed by atoms with E-state index in [1.54, 1.807) is 34.2 Å². The molecule has 252 valence electrons. The standard InChI is InChI=1S/C40H43N5O4/c1-3-24-43-29-37(47)44-35(26-30-17-19-33(46)20-18-30)38(48)42(28-36(44)45(43)39(49)41-27-31-13-7-4-8-14-31)25-21-34(32-15-9-5-10-16-32)40(2)22-11-6-12-23-40/h1,4-20,22,34-36,46H,21,23-29H2,2H3,(H,41,49)/t34?,35-,36-,40?/m0/s1. The Hall–Kier alpha value is -5.33. The number of amides is 4. The van der Waals surface area contributed by atoms with Crippen molar-refractivity contribution in [2.75, 3.05) is 26.2 Å². The lowest BCUT2D eigenvalue weighted by Crippen LogP contribution is -2.76. The molecule has 49 heavy (non-hydrogen) atoms. The maximum absolute atomic E-state index is 14.5. The molecule has 9 nitrogen and oxygen atoms in total. The quantitative estimate of drug-likeness (QED) is 0.297. The Bertz CT molecular complexity index is 1740. The first-order chi connectivity index (χ1) is 23.8. The lowest BCUT2D eigenvalue weighted by atomic mass is 9.68. The molecule has 3 aromatic rings. The van der Waals surface area contributed by atoms with Crippen LogP contribution in [0.25, 0.3) is 0 Å². The van der Waals surface area contributed by atoms with Crippen molar-refractivity contribution in [2.45, 2.75) is 50.9 Å². The minimum Gasteiger partial charge on any atom is -0.508 e. The van der Waals surface area contributed by atoms with Gasteiger partial charge in [0.05, 0.1) is 19.6 Å². The Balaban J connectivity index is 1.33. The fourth-order valence-corrected chi connectivity index (χ4v) is 7.40. The van der Waals surface area contributed by atoms with Crippen LogP contribution in [0.15, 0.2) is 109 Å². The van der Waals surface area contributed by atoms with Gasteiger partial charge in [-0.1, -0.05) is 110 Å². The van der Waals surface area contributed by atoms with E-state index in [1.807, 2.05) is 53.4 Å². The zero-order valence-electron chi connectivity index (χ0n) is 27.8. The highest BCUT2D eigenvalue weighted by Gasteiger charge is 2.51. The number of terminal acetylenes is 1. The molecule has 2 aliphatic heterocycles. The third kappa shape index (κ3) is 7.40. The van der Waals surface area contributed by atoms with E-state index >= 15 is 0 Å². The summed E-state index contributed by atoms with van der Waals surface area (Å²) in [5, 5.41) is 16.1. The number of allylic oxidation sites excluding steroid dienone is 4. The van der Waals surface area contributed by atoms with Gasteiger partial charge in [-0.05, 0) is 53.0 Å². The lowest BCUT2D eigenvalue weighted by molar-refractivity contribution is -0.188. The number of benzene rings is 3. The normalized spacial score (nSPS) is 22.8. The average molecular weight is 658 g/mol. The minimum atomic E-state index is -0.850. The number of hydrazine groups is 1. The summed E-state index contributed by atoms with van der Waals surface area (Å²) in [6.45, 7) is 3.05. The summed E-state index contributed by atoms with van der Waals surface area (Å²) in [5.74, 6) is 2.41. The highest BCUT2D eigenvalue weighted by Crippen LogP contribution is 2.44.